The van der Waals surface area contributed by atoms with E-state index in [1.54, 1.807) is 6.20 Å². The van der Waals surface area contributed by atoms with Gasteiger partial charge in [-0.3, -0.25) is 5.43 Å². The molecule has 2 aromatic rings. The number of aromatic nitrogens is 1. The summed E-state index contributed by atoms with van der Waals surface area (Å²) in [5.41, 5.74) is 4.79. The first kappa shape index (κ1) is 13.4. The Morgan fingerprint density at radius 3 is 2.81 bits per heavy atom. The van der Waals surface area contributed by atoms with Crippen LogP contribution in [-0.4, -0.2) is 23.9 Å². The topological polar surface area (TPSA) is 55.7 Å². The smallest absolute Gasteiger partial charge is 0.161 e. The highest BCUT2D eigenvalue weighted by Gasteiger charge is 2.11. The molecular weight excluding hydrogens is 266 g/mol. The van der Waals surface area contributed by atoms with E-state index in [0.717, 1.165) is 29.2 Å². The van der Waals surface area contributed by atoms with Crippen molar-refractivity contribution in [3.63, 3.8) is 0 Å². The molecule has 0 fully saturated rings. The zero-order valence-electron chi connectivity index (χ0n) is 11.9. The highest BCUT2D eigenvalue weighted by atomic mass is 16.5. The third-order valence-corrected chi connectivity index (χ3v) is 3.17. The standard InChI is InChI=1S/C16H17N3O2/c1-12(18-19-16-5-2-3-8-17-16)13-6-7-14-15(11-13)21-10-4-9-20-14/h2-3,5-8,11H,4,9-10H2,1H3,(H,17,19)/b18-12-. The van der Waals surface area contributed by atoms with Crippen LogP contribution in [0, 0.1) is 0 Å². The van der Waals surface area contributed by atoms with E-state index in [1.165, 1.54) is 0 Å². The lowest BCUT2D eigenvalue weighted by Gasteiger charge is -2.09. The largest absolute Gasteiger partial charge is 0.490 e. The summed E-state index contributed by atoms with van der Waals surface area (Å²) in [7, 11) is 0. The van der Waals surface area contributed by atoms with Crippen LogP contribution in [-0.2, 0) is 0 Å². The number of pyridine rings is 1. The maximum Gasteiger partial charge on any atom is 0.161 e. The van der Waals surface area contributed by atoms with Gasteiger partial charge in [-0.25, -0.2) is 4.98 Å². The maximum absolute atomic E-state index is 5.69. The minimum atomic E-state index is 0.679. The second-order valence-electron chi connectivity index (χ2n) is 4.74. The van der Waals surface area contributed by atoms with E-state index in [1.807, 2.05) is 43.3 Å². The van der Waals surface area contributed by atoms with Gasteiger partial charge in [0.15, 0.2) is 11.5 Å². The van der Waals surface area contributed by atoms with Crippen molar-refractivity contribution in [3.05, 3.63) is 48.2 Å². The first-order valence-corrected chi connectivity index (χ1v) is 6.94. The second kappa shape index (κ2) is 6.26. The van der Waals surface area contributed by atoms with E-state index in [2.05, 4.69) is 15.5 Å². The Bertz CT molecular complexity index is 641. The number of ether oxygens (including phenoxy) is 2. The number of hydrogen-bond acceptors (Lipinski definition) is 5. The molecule has 108 valence electrons. The van der Waals surface area contributed by atoms with E-state index < -0.39 is 0 Å². The second-order valence-corrected chi connectivity index (χ2v) is 4.74. The minimum absolute atomic E-state index is 0.679. The van der Waals surface area contributed by atoms with Gasteiger partial charge < -0.3 is 9.47 Å². The lowest BCUT2D eigenvalue weighted by molar-refractivity contribution is 0.297. The maximum atomic E-state index is 5.69. The molecule has 2 heterocycles. The lowest BCUT2D eigenvalue weighted by atomic mass is 10.1. The average molecular weight is 283 g/mol. The van der Waals surface area contributed by atoms with Crippen LogP contribution in [0.25, 0.3) is 0 Å². The summed E-state index contributed by atoms with van der Waals surface area (Å²) < 4.78 is 11.3. The zero-order valence-corrected chi connectivity index (χ0v) is 11.9. The summed E-state index contributed by atoms with van der Waals surface area (Å²) in [5, 5.41) is 4.34. The van der Waals surface area contributed by atoms with Gasteiger partial charge in [0.1, 0.15) is 5.82 Å². The number of fused-ring (bicyclic) bond motifs is 1. The Morgan fingerprint density at radius 2 is 2.00 bits per heavy atom. The van der Waals surface area contributed by atoms with Gasteiger partial charge in [0.05, 0.1) is 18.9 Å². The summed E-state index contributed by atoms with van der Waals surface area (Å²) in [5.74, 6) is 2.28. The first-order chi connectivity index (χ1) is 10.3. The third-order valence-electron chi connectivity index (χ3n) is 3.17. The molecule has 1 N–H and O–H groups in total. The van der Waals surface area contributed by atoms with Gasteiger partial charge >= 0.3 is 0 Å². The number of benzene rings is 1. The van der Waals surface area contributed by atoms with E-state index in [0.29, 0.717) is 19.0 Å². The van der Waals surface area contributed by atoms with Crippen molar-refractivity contribution in [2.24, 2.45) is 5.10 Å². The molecule has 3 rings (SSSR count). The molecule has 0 unspecified atom stereocenters. The molecule has 0 saturated heterocycles. The number of nitrogens with one attached hydrogen (secondary N) is 1. The molecule has 0 saturated carbocycles. The fraction of sp³-hybridized carbons (Fsp3) is 0.250. The van der Waals surface area contributed by atoms with Crippen LogP contribution in [0.2, 0.25) is 0 Å². The van der Waals surface area contributed by atoms with Crippen LogP contribution < -0.4 is 14.9 Å². The summed E-state index contributed by atoms with van der Waals surface area (Å²) in [6.07, 6.45) is 2.62. The van der Waals surface area contributed by atoms with Gasteiger partial charge in [0.2, 0.25) is 0 Å². The summed E-state index contributed by atoms with van der Waals surface area (Å²) in [4.78, 5) is 4.16. The third kappa shape index (κ3) is 3.31. The normalized spacial score (nSPS) is 14.4. The van der Waals surface area contributed by atoms with Crippen LogP contribution in [0.5, 0.6) is 11.5 Å². The van der Waals surface area contributed by atoms with Crippen LogP contribution >= 0.6 is 0 Å². The molecule has 1 aromatic heterocycles. The van der Waals surface area contributed by atoms with Crippen molar-refractivity contribution in [1.29, 1.82) is 0 Å². The monoisotopic (exact) mass is 283 g/mol. The molecular formula is C16H17N3O2. The van der Waals surface area contributed by atoms with Crippen molar-refractivity contribution in [2.75, 3.05) is 18.6 Å². The van der Waals surface area contributed by atoms with E-state index >= 15 is 0 Å². The predicted molar refractivity (Wildman–Crippen MR) is 82.1 cm³/mol. The number of rotatable bonds is 3. The number of hydrazone groups is 1. The summed E-state index contributed by atoms with van der Waals surface area (Å²) in [6, 6.07) is 11.5. The number of hydrogen-bond donors (Lipinski definition) is 1. The Balaban J connectivity index is 1.78. The summed E-state index contributed by atoms with van der Waals surface area (Å²) in [6.45, 7) is 3.31. The van der Waals surface area contributed by atoms with Crippen molar-refractivity contribution < 1.29 is 9.47 Å². The molecule has 1 aliphatic rings. The molecule has 1 aliphatic heterocycles. The van der Waals surface area contributed by atoms with Crippen LogP contribution in [0.3, 0.4) is 0 Å². The Labute approximate surface area is 123 Å². The van der Waals surface area contributed by atoms with Gasteiger partial charge in [0, 0.05) is 18.2 Å². The van der Waals surface area contributed by atoms with Gasteiger partial charge in [0.25, 0.3) is 0 Å². The molecule has 21 heavy (non-hydrogen) atoms. The molecule has 5 heteroatoms. The Hall–Kier alpha value is -2.56. The highest BCUT2D eigenvalue weighted by molar-refractivity contribution is 5.99. The Kier molecular flexibility index (Phi) is 4.00. The van der Waals surface area contributed by atoms with E-state index in [4.69, 9.17) is 9.47 Å². The van der Waals surface area contributed by atoms with Crippen LogP contribution in [0.15, 0.2) is 47.7 Å². The molecule has 0 amide bonds. The molecule has 0 atom stereocenters. The predicted octanol–water partition coefficient (Wildman–Crippen LogP) is 3.08. The Morgan fingerprint density at radius 1 is 1.14 bits per heavy atom. The van der Waals surface area contributed by atoms with E-state index in [-0.39, 0.29) is 0 Å². The summed E-state index contributed by atoms with van der Waals surface area (Å²) >= 11 is 0. The van der Waals surface area contributed by atoms with Crippen molar-refractivity contribution in [1.82, 2.24) is 4.98 Å². The molecule has 0 aliphatic carbocycles. The molecule has 5 nitrogen and oxygen atoms in total. The SMILES string of the molecule is C/C(=N/Nc1ccccn1)c1ccc2c(c1)OCCCO2. The van der Waals surface area contributed by atoms with Gasteiger partial charge in [-0.15, -0.1) is 0 Å². The molecule has 0 bridgehead atoms. The highest BCUT2D eigenvalue weighted by Crippen LogP contribution is 2.30. The van der Waals surface area contributed by atoms with Gasteiger partial charge in [-0.1, -0.05) is 6.07 Å². The van der Waals surface area contributed by atoms with Crippen LogP contribution in [0.4, 0.5) is 5.82 Å². The van der Waals surface area contributed by atoms with Gasteiger partial charge in [-0.05, 0) is 37.3 Å². The fourth-order valence-electron chi connectivity index (χ4n) is 2.02. The quantitative estimate of drug-likeness (QED) is 0.694. The van der Waals surface area contributed by atoms with Crippen molar-refractivity contribution in [3.8, 4) is 11.5 Å². The molecule has 1 aromatic carbocycles. The zero-order chi connectivity index (χ0) is 14.5. The van der Waals surface area contributed by atoms with Crippen LogP contribution in [0.1, 0.15) is 18.9 Å². The number of anilines is 1. The van der Waals surface area contributed by atoms with Crippen molar-refractivity contribution in [2.45, 2.75) is 13.3 Å². The lowest BCUT2D eigenvalue weighted by Crippen LogP contribution is -2.01. The van der Waals surface area contributed by atoms with Crippen molar-refractivity contribution >= 4 is 11.5 Å². The molecule has 0 spiro atoms. The fourth-order valence-corrected chi connectivity index (χ4v) is 2.02. The molecule has 0 radical (unpaired) electrons. The minimum Gasteiger partial charge on any atom is -0.490 e. The number of nitrogens with zero attached hydrogens (tertiary/aromatic N) is 2. The average Bonchev–Trinajstić information content (AvgIpc) is 2.78. The first-order valence-electron chi connectivity index (χ1n) is 6.94. The van der Waals surface area contributed by atoms with E-state index in [9.17, 15) is 0 Å². The van der Waals surface area contributed by atoms with Gasteiger partial charge in [-0.2, -0.15) is 5.10 Å².